The highest BCUT2D eigenvalue weighted by Crippen LogP contribution is 2.38. The lowest BCUT2D eigenvalue weighted by atomic mass is 9.86. The summed E-state index contributed by atoms with van der Waals surface area (Å²) in [6.45, 7) is 7.90. The van der Waals surface area contributed by atoms with Crippen molar-refractivity contribution in [1.29, 1.82) is 0 Å². The first-order valence-corrected chi connectivity index (χ1v) is 5.59. The molecule has 2 saturated heterocycles. The summed E-state index contributed by atoms with van der Waals surface area (Å²) in [5.41, 5.74) is 0.520. The van der Waals surface area contributed by atoms with Crippen LogP contribution in [0.5, 0.6) is 0 Å². The average molecular weight is 183 g/mol. The molecular weight excluding hydrogens is 162 g/mol. The van der Waals surface area contributed by atoms with Crippen LogP contribution < -0.4 is 0 Å². The largest absolute Gasteiger partial charge is 0.381 e. The van der Waals surface area contributed by atoms with E-state index in [0.717, 1.165) is 13.2 Å². The normalized spacial score (nSPS) is 28.8. The van der Waals surface area contributed by atoms with Crippen molar-refractivity contribution < 1.29 is 4.74 Å². The molecule has 13 heavy (non-hydrogen) atoms. The van der Waals surface area contributed by atoms with Gasteiger partial charge in [0, 0.05) is 24.8 Å². The van der Waals surface area contributed by atoms with E-state index in [0.29, 0.717) is 11.6 Å². The summed E-state index contributed by atoms with van der Waals surface area (Å²) in [7, 11) is 0. The molecular formula is C11H21NO. The standard InChI is InChI=1S/C11H21NO/c1-10(2)12-7-3-4-11(12)5-8-13-9-6-11/h10H,3-9H2,1-2H3. The van der Waals surface area contributed by atoms with Crippen LogP contribution in [0.2, 0.25) is 0 Å². The van der Waals surface area contributed by atoms with E-state index in [1.54, 1.807) is 0 Å². The zero-order valence-corrected chi connectivity index (χ0v) is 8.88. The lowest BCUT2D eigenvalue weighted by Gasteiger charge is -2.43. The van der Waals surface area contributed by atoms with Crippen molar-refractivity contribution in [3.63, 3.8) is 0 Å². The van der Waals surface area contributed by atoms with E-state index in [4.69, 9.17) is 4.74 Å². The molecule has 2 fully saturated rings. The van der Waals surface area contributed by atoms with E-state index in [9.17, 15) is 0 Å². The van der Waals surface area contributed by atoms with Gasteiger partial charge in [-0.1, -0.05) is 0 Å². The minimum Gasteiger partial charge on any atom is -0.381 e. The maximum absolute atomic E-state index is 5.46. The van der Waals surface area contributed by atoms with Crippen LogP contribution in [0.1, 0.15) is 39.5 Å². The number of hydrogen-bond donors (Lipinski definition) is 0. The second kappa shape index (κ2) is 3.58. The fourth-order valence-electron chi connectivity index (χ4n) is 3.05. The third kappa shape index (κ3) is 1.62. The third-order valence-electron chi connectivity index (χ3n) is 3.70. The van der Waals surface area contributed by atoms with E-state index in [1.807, 2.05) is 0 Å². The van der Waals surface area contributed by atoms with E-state index in [1.165, 1.54) is 32.2 Å². The molecule has 0 N–H and O–H groups in total. The van der Waals surface area contributed by atoms with Crippen LogP contribution >= 0.6 is 0 Å². The summed E-state index contributed by atoms with van der Waals surface area (Å²) in [6.07, 6.45) is 5.29. The van der Waals surface area contributed by atoms with Crippen LogP contribution in [-0.2, 0) is 4.74 Å². The predicted molar refractivity (Wildman–Crippen MR) is 53.9 cm³/mol. The Morgan fingerprint density at radius 1 is 1.15 bits per heavy atom. The molecule has 2 rings (SSSR count). The van der Waals surface area contributed by atoms with Gasteiger partial charge in [0.1, 0.15) is 0 Å². The molecule has 2 aliphatic rings. The van der Waals surface area contributed by atoms with Gasteiger partial charge in [-0.25, -0.2) is 0 Å². The van der Waals surface area contributed by atoms with Crippen molar-refractivity contribution in [3.8, 4) is 0 Å². The van der Waals surface area contributed by atoms with Crippen LogP contribution in [0.15, 0.2) is 0 Å². The van der Waals surface area contributed by atoms with Gasteiger partial charge in [-0.3, -0.25) is 4.90 Å². The van der Waals surface area contributed by atoms with E-state index in [-0.39, 0.29) is 0 Å². The fraction of sp³-hybridized carbons (Fsp3) is 1.00. The van der Waals surface area contributed by atoms with Crippen LogP contribution in [-0.4, -0.2) is 36.2 Å². The van der Waals surface area contributed by atoms with Gasteiger partial charge in [0.15, 0.2) is 0 Å². The average Bonchev–Trinajstić information content (AvgIpc) is 2.50. The molecule has 0 aromatic carbocycles. The first-order valence-electron chi connectivity index (χ1n) is 5.59. The summed E-state index contributed by atoms with van der Waals surface area (Å²) in [4.78, 5) is 2.70. The van der Waals surface area contributed by atoms with Gasteiger partial charge in [-0.15, -0.1) is 0 Å². The second-order valence-electron chi connectivity index (χ2n) is 4.73. The minimum absolute atomic E-state index is 0.520. The second-order valence-corrected chi connectivity index (χ2v) is 4.73. The molecule has 0 unspecified atom stereocenters. The Hall–Kier alpha value is -0.0800. The van der Waals surface area contributed by atoms with Gasteiger partial charge in [-0.05, 0) is 46.1 Å². The monoisotopic (exact) mass is 183 g/mol. The van der Waals surface area contributed by atoms with Gasteiger partial charge >= 0.3 is 0 Å². The molecule has 2 aliphatic heterocycles. The summed E-state index contributed by atoms with van der Waals surface area (Å²) < 4.78 is 5.46. The first-order chi connectivity index (χ1) is 6.25. The zero-order chi connectivity index (χ0) is 9.31. The molecule has 0 atom stereocenters. The smallest absolute Gasteiger partial charge is 0.0483 e. The molecule has 76 valence electrons. The van der Waals surface area contributed by atoms with Crippen molar-refractivity contribution in [2.75, 3.05) is 19.8 Å². The molecule has 1 spiro atoms. The maximum atomic E-state index is 5.46. The van der Waals surface area contributed by atoms with Gasteiger partial charge in [-0.2, -0.15) is 0 Å². The molecule has 2 heteroatoms. The summed E-state index contributed by atoms with van der Waals surface area (Å²) in [6, 6.07) is 0.709. The van der Waals surface area contributed by atoms with Crippen LogP contribution in [0.25, 0.3) is 0 Å². The zero-order valence-electron chi connectivity index (χ0n) is 8.88. The predicted octanol–water partition coefficient (Wildman–Crippen LogP) is 2.04. The van der Waals surface area contributed by atoms with Crippen molar-refractivity contribution >= 4 is 0 Å². The number of rotatable bonds is 1. The molecule has 0 aliphatic carbocycles. The number of hydrogen-bond acceptors (Lipinski definition) is 2. The van der Waals surface area contributed by atoms with Gasteiger partial charge < -0.3 is 4.74 Å². The molecule has 0 radical (unpaired) electrons. The fourth-order valence-corrected chi connectivity index (χ4v) is 3.05. The summed E-state index contributed by atoms with van der Waals surface area (Å²) in [5, 5.41) is 0. The summed E-state index contributed by atoms with van der Waals surface area (Å²) >= 11 is 0. The molecule has 0 aromatic rings. The maximum Gasteiger partial charge on any atom is 0.0483 e. The van der Waals surface area contributed by atoms with E-state index < -0.39 is 0 Å². The number of nitrogens with zero attached hydrogens (tertiary/aromatic N) is 1. The van der Waals surface area contributed by atoms with E-state index >= 15 is 0 Å². The Morgan fingerprint density at radius 2 is 1.85 bits per heavy atom. The van der Waals surface area contributed by atoms with E-state index in [2.05, 4.69) is 18.7 Å². The minimum atomic E-state index is 0.520. The van der Waals surface area contributed by atoms with Crippen molar-refractivity contribution in [2.45, 2.75) is 51.1 Å². The van der Waals surface area contributed by atoms with Crippen molar-refractivity contribution in [1.82, 2.24) is 4.90 Å². The molecule has 2 nitrogen and oxygen atoms in total. The van der Waals surface area contributed by atoms with Gasteiger partial charge in [0.25, 0.3) is 0 Å². The Morgan fingerprint density at radius 3 is 2.46 bits per heavy atom. The summed E-state index contributed by atoms with van der Waals surface area (Å²) in [5.74, 6) is 0. The highest BCUT2D eigenvalue weighted by molar-refractivity contribution is 4.98. The lowest BCUT2D eigenvalue weighted by molar-refractivity contribution is -0.0196. The Balaban J connectivity index is 2.09. The molecule has 0 aromatic heterocycles. The van der Waals surface area contributed by atoms with Crippen LogP contribution in [0.4, 0.5) is 0 Å². The Bertz CT molecular complexity index is 173. The SMILES string of the molecule is CC(C)N1CCCC12CCOCC2. The Kier molecular flexibility index (Phi) is 2.61. The third-order valence-corrected chi connectivity index (χ3v) is 3.70. The quantitative estimate of drug-likeness (QED) is 0.617. The molecule has 0 amide bonds. The number of likely N-dealkylation sites (tertiary alicyclic amines) is 1. The molecule has 2 heterocycles. The lowest BCUT2D eigenvalue weighted by Crippen LogP contribution is -2.50. The van der Waals surface area contributed by atoms with Crippen molar-refractivity contribution in [2.24, 2.45) is 0 Å². The molecule has 0 saturated carbocycles. The highest BCUT2D eigenvalue weighted by atomic mass is 16.5. The Labute approximate surface area is 81.3 Å². The van der Waals surface area contributed by atoms with Crippen LogP contribution in [0.3, 0.4) is 0 Å². The number of ether oxygens (including phenoxy) is 1. The van der Waals surface area contributed by atoms with Gasteiger partial charge in [0.05, 0.1) is 0 Å². The van der Waals surface area contributed by atoms with Gasteiger partial charge in [0.2, 0.25) is 0 Å². The first kappa shape index (κ1) is 9.47. The topological polar surface area (TPSA) is 12.5 Å². The molecule has 0 bridgehead atoms. The highest BCUT2D eigenvalue weighted by Gasteiger charge is 2.42. The van der Waals surface area contributed by atoms with Crippen molar-refractivity contribution in [3.05, 3.63) is 0 Å². The van der Waals surface area contributed by atoms with Crippen LogP contribution in [0, 0.1) is 0 Å².